The highest BCUT2D eigenvalue weighted by Gasteiger charge is 2.28. The molecule has 1 aromatic heterocycles. The normalized spacial score (nSPS) is 14.7. The third kappa shape index (κ3) is 5.12. The molecule has 2 rings (SSSR count). The fourth-order valence-corrected chi connectivity index (χ4v) is 2.59. The van der Waals surface area contributed by atoms with Crippen LogP contribution >= 0.6 is 0 Å². The van der Waals surface area contributed by atoms with E-state index >= 15 is 0 Å². The van der Waals surface area contributed by atoms with Crippen molar-refractivity contribution in [3.05, 3.63) is 28.6 Å². The van der Waals surface area contributed by atoms with Crippen molar-refractivity contribution >= 4 is 18.0 Å². The molecule has 0 aliphatic heterocycles. The molecule has 1 saturated carbocycles. The van der Waals surface area contributed by atoms with Gasteiger partial charge in [-0.1, -0.05) is 0 Å². The summed E-state index contributed by atoms with van der Waals surface area (Å²) in [4.78, 5) is 23.2. The van der Waals surface area contributed by atoms with Crippen molar-refractivity contribution < 1.29 is 27.5 Å². The largest absolute Gasteiger partial charge is 0.451 e. The number of nitriles is 1. The summed E-state index contributed by atoms with van der Waals surface area (Å²) >= 11 is 0. The van der Waals surface area contributed by atoms with Crippen molar-refractivity contribution in [3.63, 3.8) is 0 Å². The highest BCUT2D eigenvalue weighted by atomic mass is 19.4. The van der Waals surface area contributed by atoms with Crippen molar-refractivity contribution in [3.8, 4) is 6.07 Å². The van der Waals surface area contributed by atoms with Crippen LogP contribution in [-0.4, -0.2) is 35.8 Å². The summed E-state index contributed by atoms with van der Waals surface area (Å²) in [6.45, 7) is 1.40. The smallest absolute Gasteiger partial charge is 0.405 e. The van der Waals surface area contributed by atoms with E-state index in [4.69, 9.17) is 5.26 Å². The van der Waals surface area contributed by atoms with Crippen molar-refractivity contribution in [2.45, 2.75) is 38.9 Å². The Labute approximate surface area is 148 Å². The summed E-state index contributed by atoms with van der Waals surface area (Å²) in [5.74, 6) is -2.16. The Bertz CT molecular complexity index is 784. The second-order valence-corrected chi connectivity index (χ2v) is 6.07. The molecule has 0 radical (unpaired) electrons. The summed E-state index contributed by atoms with van der Waals surface area (Å²) in [6, 6.07) is 3.98. The average molecular weight is 369 g/mol. The van der Waals surface area contributed by atoms with Crippen LogP contribution < -0.4 is 5.32 Å². The van der Waals surface area contributed by atoms with Crippen LogP contribution in [0.15, 0.2) is 11.6 Å². The second-order valence-electron chi connectivity index (χ2n) is 6.07. The van der Waals surface area contributed by atoms with Gasteiger partial charge in [-0.15, -0.1) is 0 Å². The van der Waals surface area contributed by atoms with Crippen molar-refractivity contribution in [1.29, 1.82) is 5.26 Å². The van der Waals surface area contributed by atoms with Gasteiger partial charge in [0.1, 0.15) is 18.2 Å². The third-order valence-corrected chi connectivity index (χ3v) is 3.90. The first-order chi connectivity index (χ1) is 12.1. The lowest BCUT2D eigenvalue weighted by molar-refractivity contribution is -0.148. The molecule has 0 saturated heterocycles. The van der Waals surface area contributed by atoms with Crippen LogP contribution in [-0.2, 0) is 14.3 Å². The van der Waals surface area contributed by atoms with Gasteiger partial charge in [-0.3, -0.25) is 4.79 Å². The van der Waals surface area contributed by atoms with Crippen LogP contribution in [0.4, 0.5) is 13.2 Å². The van der Waals surface area contributed by atoms with Gasteiger partial charge in [0.2, 0.25) is 0 Å². The summed E-state index contributed by atoms with van der Waals surface area (Å²) < 4.78 is 42.7. The topological polar surface area (TPSA) is 84.1 Å². The monoisotopic (exact) mass is 369 g/mol. The Morgan fingerprint density at radius 1 is 1.42 bits per heavy atom. The molecule has 140 valence electrons. The van der Waals surface area contributed by atoms with E-state index < -0.39 is 31.2 Å². The van der Waals surface area contributed by atoms with Crippen LogP contribution in [0.3, 0.4) is 0 Å². The van der Waals surface area contributed by atoms with Crippen LogP contribution in [0.2, 0.25) is 0 Å². The zero-order valence-electron chi connectivity index (χ0n) is 14.3. The molecule has 1 fully saturated rings. The van der Waals surface area contributed by atoms with Gasteiger partial charge in [0.05, 0.1) is 0 Å². The molecule has 1 aliphatic rings. The van der Waals surface area contributed by atoms with E-state index in [0.29, 0.717) is 11.6 Å². The molecule has 0 aromatic carbocycles. The third-order valence-electron chi connectivity index (χ3n) is 3.90. The number of nitrogens with one attached hydrogen (secondary N) is 1. The number of carbonyl (C=O) groups excluding carboxylic acids is 2. The number of nitrogens with zero attached hydrogens (tertiary/aromatic N) is 2. The van der Waals surface area contributed by atoms with Crippen molar-refractivity contribution in [1.82, 2.24) is 9.88 Å². The maximum Gasteiger partial charge on any atom is 0.405 e. The van der Waals surface area contributed by atoms with E-state index in [-0.39, 0.29) is 5.57 Å². The van der Waals surface area contributed by atoms with Gasteiger partial charge in [-0.05, 0) is 44.4 Å². The Morgan fingerprint density at radius 3 is 2.62 bits per heavy atom. The highest BCUT2D eigenvalue weighted by molar-refractivity contribution is 5.99. The number of carbonyl (C=O) groups is 2. The van der Waals surface area contributed by atoms with Gasteiger partial charge in [0.25, 0.3) is 5.91 Å². The zero-order chi connectivity index (χ0) is 19.5. The molecule has 0 bridgehead atoms. The first-order valence-corrected chi connectivity index (χ1v) is 7.93. The Kier molecular flexibility index (Phi) is 5.75. The minimum atomic E-state index is -4.55. The van der Waals surface area contributed by atoms with Crippen molar-refractivity contribution in [2.75, 3.05) is 13.2 Å². The van der Waals surface area contributed by atoms with Gasteiger partial charge in [0.15, 0.2) is 6.61 Å². The predicted octanol–water partition coefficient (Wildman–Crippen LogP) is 2.57. The summed E-state index contributed by atoms with van der Waals surface area (Å²) in [7, 11) is 0. The highest BCUT2D eigenvalue weighted by Crippen LogP contribution is 2.38. The fourth-order valence-electron chi connectivity index (χ4n) is 2.59. The number of hydrogen-bond donors (Lipinski definition) is 1. The molecule has 1 amide bonds. The van der Waals surface area contributed by atoms with E-state index in [1.54, 1.807) is 11.4 Å². The number of ether oxygens (including phenoxy) is 1. The Balaban J connectivity index is 2.01. The van der Waals surface area contributed by atoms with Gasteiger partial charge in [-0.2, -0.15) is 18.4 Å². The van der Waals surface area contributed by atoms with E-state index in [9.17, 15) is 22.8 Å². The van der Waals surface area contributed by atoms with E-state index in [2.05, 4.69) is 9.30 Å². The number of alkyl halides is 3. The molecule has 6 nitrogen and oxygen atoms in total. The molecular formula is C17H18F3N3O3. The minimum Gasteiger partial charge on any atom is -0.451 e. The second kappa shape index (κ2) is 7.64. The van der Waals surface area contributed by atoms with Crippen LogP contribution in [0, 0.1) is 25.2 Å². The lowest BCUT2D eigenvalue weighted by Gasteiger charge is -2.08. The number of aryl methyl sites for hydroxylation is 1. The molecule has 1 aliphatic carbocycles. The first-order valence-electron chi connectivity index (χ1n) is 7.93. The quantitative estimate of drug-likeness (QED) is 0.475. The van der Waals surface area contributed by atoms with Gasteiger partial charge < -0.3 is 14.6 Å². The Morgan fingerprint density at radius 2 is 2.08 bits per heavy atom. The lowest BCUT2D eigenvalue weighted by Crippen LogP contribution is -2.36. The molecule has 9 heteroatoms. The number of rotatable bonds is 6. The molecule has 26 heavy (non-hydrogen) atoms. The summed E-state index contributed by atoms with van der Waals surface area (Å²) in [6.07, 6.45) is -1.03. The van der Waals surface area contributed by atoms with E-state index in [0.717, 1.165) is 24.2 Å². The predicted molar refractivity (Wildman–Crippen MR) is 85.8 cm³/mol. The SMILES string of the molecule is Cc1cc(/C=C(\C#N)C(=O)OCC(=O)NCC(F)(F)F)c(C)n1C1CC1. The van der Waals surface area contributed by atoms with Gasteiger partial charge in [0, 0.05) is 17.4 Å². The number of hydrogen-bond acceptors (Lipinski definition) is 4. The Hall–Kier alpha value is -2.76. The number of halogens is 3. The summed E-state index contributed by atoms with van der Waals surface area (Å²) in [5, 5.41) is 10.7. The molecule has 0 atom stereocenters. The summed E-state index contributed by atoms with van der Waals surface area (Å²) in [5.41, 5.74) is 2.27. The number of aromatic nitrogens is 1. The zero-order valence-corrected chi connectivity index (χ0v) is 14.3. The molecular weight excluding hydrogens is 351 g/mol. The van der Waals surface area contributed by atoms with Crippen LogP contribution in [0.1, 0.15) is 35.8 Å². The fraction of sp³-hybridized carbons (Fsp3) is 0.471. The van der Waals surface area contributed by atoms with Gasteiger partial charge in [-0.25, -0.2) is 4.79 Å². The molecule has 0 spiro atoms. The first kappa shape index (κ1) is 19.6. The maximum atomic E-state index is 12.0. The lowest BCUT2D eigenvalue weighted by atomic mass is 10.1. The number of esters is 1. The van der Waals surface area contributed by atoms with Gasteiger partial charge >= 0.3 is 12.1 Å². The van der Waals surface area contributed by atoms with Crippen LogP contribution in [0.25, 0.3) is 6.08 Å². The average Bonchev–Trinajstić information content (AvgIpc) is 3.34. The molecule has 1 aromatic rings. The van der Waals surface area contributed by atoms with Crippen LogP contribution in [0.5, 0.6) is 0 Å². The van der Waals surface area contributed by atoms with E-state index in [1.807, 2.05) is 19.9 Å². The maximum absolute atomic E-state index is 12.0. The standard InChI is InChI=1S/C17H18F3N3O3/c1-10-5-12(11(2)23(10)14-3-4-14)6-13(7-21)16(25)26-8-15(24)22-9-17(18,19)20/h5-6,14H,3-4,8-9H2,1-2H3,(H,22,24)/b13-6+. The number of amides is 1. The molecule has 1 N–H and O–H groups in total. The minimum absolute atomic E-state index is 0.329. The van der Waals surface area contributed by atoms with E-state index in [1.165, 1.54) is 6.08 Å². The van der Waals surface area contributed by atoms with Crippen molar-refractivity contribution in [2.24, 2.45) is 0 Å². The molecule has 1 heterocycles. The molecule has 0 unspecified atom stereocenters.